The van der Waals surface area contributed by atoms with Gasteiger partial charge in [0.05, 0.1) is 12.0 Å². The fraction of sp³-hybridized carbons (Fsp3) is 0.727. The Kier molecular flexibility index (Phi) is 4.52. The number of carboxylic acid groups (broad SMARTS) is 1. The van der Waals surface area contributed by atoms with E-state index < -0.39 is 23.5 Å². The highest BCUT2D eigenvalue weighted by Gasteiger charge is 2.45. The molecule has 1 rings (SSSR count). The van der Waals surface area contributed by atoms with E-state index in [2.05, 4.69) is 16.0 Å². The number of hydrogen-bond acceptors (Lipinski definition) is 3. The van der Waals surface area contributed by atoms with Gasteiger partial charge < -0.3 is 21.1 Å². The van der Waals surface area contributed by atoms with Crippen molar-refractivity contribution in [2.24, 2.45) is 5.41 Å². The molecule has 0 spiro atoms. The van der Waals surface area contributed by atoms with Crippen LogP contribution in [0, 0.1) is 5.41 Å². The van der Waals surface area contributed by atoms with E-state index in [0.717, 1.165) is 6.42 Å². The molecule has 1 saturated carbocycles. The van der Waals surface area contributed by atoms with Gasteiger partial charge in [0.2, 0.25) is 5.91 Å². The third-order valence-corrected chi connectivity index (χ3v) is 3.44. The number of carboxylic acids is 1. The lowest BCUT2D eigenvalue weighted by atomic mass is 9.85. The molecule has 0 radical (unpaired) electrons. The van der Waals surface area contributed by atoms with Crippen LogP contribution in [0.5, 0.6) is 0 Å². The molecule has 7 nitrogen and oxygen atoms in total. The minimum atomic E-state index is -0.926. The smallest absolute Gasteiger partial charge is 0.315 e. The lowest BCUT2D eigenvalue weighted by Crippen LogP contribution is -2.51. The first-order valence-electron chi connectivity index (χ1n) is 5.88. The fourth-order valence-electron chi connectivity index (χ4n) is 2.11. The summed E-state index contributed by atoms with van der Waals surface area (Å²) in [5.74, 6) is -1.21. The summed E-state index contributed by atoms with van der Waals surface area (Å²) in [4.78, 5) is 33.7. The van der Waals surface area contributed by atoms with Gasteiger partial charge in [-0.3, -0.25) is 9.59 Å². The summed E-state index contributed by atoms with van der Waals surface area (Å²) in [7, 11) is 1.47. The van der Waals surface area contributed by atoms with E-state index in [0.29, 0.717) is 12.8 Å². The Morgan fingerprint density at radius 2 is 2.06 bits per heavy atom. The van der Waals surface area contributed by atoms with Gasteiger partial charge in [0.1, 0.15) is 0 Å². The molecule has 1 aliphatic rings. The van der Waals surface area contributed by atoms with Crippen LogP contribution < -0.4 is 16.0 Å². The molecule has 0 aliphatic heterocycles. The first-order valence-corrected chi connectivity index (χ1v) is 5.88. The zero-order valence-corrected chi connectivity index (χ0v) is 10.6. The molecule has 2 atom stereocenters. The minimum absolute atomic E-state index is 0.126. The quantitative estimate of drug-likeness (QED) is 0.553. The first kappa shape index (κ1) is 14.3. The van der Waals surface area contributed by atoms with Gasteiger partial charge in [-0.2, -0.15) is 0 Å². The highest BCUT2D eigenvalue weighted by Crippen LogP contribution is 2.38. The van der Waals surface area contributed by atoms with Crippen molar-refractivity contribution < 1.29 is 19.5 Å². The van der Waals surface area contributed by atoms with Gasteiger partial charge in [-0.15, -0.1) is 0 Å². The monoisotopic (exact) mass is 257 g/mol. The predicted molar refractivity (Wildman–Crippen MR) is 64.0 cm³/mol. The predicted octanol–water partition coefficient (Wildman–Crippen LogP) is -0.325. The van der Waals surface area contributed by atoms with Crippen LogP contribution in [-0.4, -0.2) is 42.6 Å². The Balaban J connectivity index is 2.49. The maximum absolute atomic E-state index is 11.5. The molecule has 1 aliphatic carbocycles. The van der Waals surface area contributed by atoms with Crippen LogP contribution in [0.15, 0.2) is 0 Å². The Morgan fingerprint density at radius 1 is 1.39 bits per heavy atom. The average molecular weight is 257 g/mol. The van der Waals surface area contributed by atoms with Crippen LogP contribution in [0.4, 0.5) is 4.79 Å². The van der Waals surface area contributed by atoms with Gasteiger partial charge >= 0.3 is 12.0 Å². The minimum Gasteiger partial charge on any atom is -0.481 e. The van der Waals surface area contributed by atoms with Crippen LogP contribution in [0.3, 0.4) is 0 Å². The fourth-order valence-corrected chi connectivity index (χ4v) is 2.11. The van der Waals surface area contributed by atoms with Crippen molar-refractivity contribution in [2.75, 3.05) is 13.6 Å². The SMILES string of the molecule is CNC(=O)CNC(=O)NC1CCCC1(C)C(=O)O. The van der Waals surface area contributed by atoms with Crippen LogP contribution >= 0.6 is 0 Å². The average Bonchev–Trinajstić information content (AvgIpc) is 2.69. The van der Waals surface area contributed by atoms with E-state index in [1.807, 2.05) is 0 Å². The Hall–Kier alpha value is -1.79. The van der Waals surface area contributed by atoms with Gasteiger partial charge in [-0.05, 0) is 19.8 Å². The van der Waals surface area contributed by atoms with Crippen molar-refractivity contribution in [1.29, 1.82) is 0 Å². The maximum atomic E-state index is 11.5. The molecule has 4 N–H and O–H groups in total. The van der Waals surface area contributed by atoms with Crippen LogP contribution in [0.1, 0.15) is 26.2 Å². The van der Waals surface area contributed by atoms with Crippen molar-refractivity contribution in [3.63, 3.8) is 0 Å². The third-order valence-electron chi connectivity index (χ3n) is 3.44. The molecule has 2 unspecified atom stereocenters. The molecule has 102 valence electrons. The summed E-state index contributed by atoms with van der Waals surface area (Å²) in [6.07, 6.45) is 1.95. The van der Waals surface area contributed by atoms with Crippen molar-refractivity contribution in [3.8, 4) is 0 Å². The van der Waals surface area contributed by atoms with E-state index >= 15 is 0 Å². The Morgan fingerprint density at radius 3 is 2.61 bits per heavy atom. The number of nitrogens with one attached hydrogen (secondary N) is 3. The highest BCUT2D eigenvalue weighted by atomic mass is 16.4. The van der Waals surface area contributed by atoms with E-state index in [4.69, 9.17) is 0 Å². The largest absolute Gasteiger partial charge is 0.481 e. The number of amides is 3. The summed E-state index contributed by atoms with van der Waals surface area (Å²) >= 11 is 0. The molecule has 3 amide bonds. The van der Waals surface area contributed by atoms with Crippen molar-refractivity contribution in [2.45, 2.75) is 32.2 Å². The Labute approximate surface area is 105 Å². The van der Waals surface area contributed by atoms with Crippen molar-refractivity contribution in [3.05, 3.63) is 0 Å². The Bertz CT molecular complexity index is 358. The number of aliphatic carboxylic acids is 1. The summed E-state index contributed by atoms with van der Waals surface area (Å²) in [6, 6.07) is -0.919. The number of rotatable bonds is 4. The van der Waals surface area contributed by atoms with E-state index in [1.54, 1.807) is 6.92 Å². The first-order chi connectivity index (χ1) is 8.40. The third kappa shape index (κ3) is 3.12. The number of carbonyl (C=O) groups excluding carboxylic acids is 2. The molecule has 0 aromatic carbocycles. The van der Waals surface area contributed by atoms with Gasteiger partial charge in [0.15, 0.2) is 0 Å². The molecule has 18 heavy (non-hydrogen) atoms. The van der Waals surface area contributed by atoms with E-state index in [-0.39, 0.29) is 12.5 Å². The van der Waals surface area contributed by atoms with Gasteiger partial charge in [0, 0.05) is 13.1 Å². The molecule has 0 aromatic heterocycles. The molecule has 0 heterocycles. The lowest BCUT2D eigenvalue weighted by molar-refractivity contribution is -0.148. The van der Waals surface area contributed by atoms with Gasteiger partial charge in [-0.25, -0.2) is 4.79 Å². The molecule has 1 fully saturated rings. The van der Waals surface area contributed by atoms with Gasteiger partial charge in [-0.1, -0.05) is 6.42 Å². The summed E-state index contributed by atoms with van der Waals surface area (Å²) in [5.41, 5.74) is -0.926. The van der Waals surface area contributed by atoms with Crippen LogP contribution in [-0.2, 0) is 9.59 Å². The van der Waals surface area contributed by atoms with E-state index in [9.17, 15) is 19.5 Å². The standard InChI is InChI=1S/C11H19N3O4/c1-11(9(16)17)5-3-4-7(11)14-10(18)13-6-8(15)12-2/h7H,3-6H2,1-2H3,(H,12,15)(H,16,17)(H2,13,14,18). The molecular weight excluding hydrogens is 238 g/mol. The normalized spacial score (nSPS) is 26.4. The zero-order valence-electron chi connectivity index (χ0n) is 10.6. The van der Waals surface area contributed by atoms with Crippen molar-refractivity contribution in [1.82, 2.24) is 16.0 Å². The van der Waals surface area contributed by atoms with Crippen LogP contribution in [0.25, 0.3) is 0 Å². The van der Waals surface area contributed by atoms with Crippen molar-refractivity contribution >= 4 is 17.9 Å². The second kappa shape index (κ2) is 5.70. The number of urea groups is 1. The second-order valence-corrected chi connectivity index (χ2v) is 4.67. The van der Waals surface area contributed by atoms with E-state index in [1.165, 1.54) is 7.05 Å². The summed E-state index contributed by atoms with van der Waals surface area (Å²) < 4.78 is 0. The summed E-state index contributed by atoms with van der Waals surface area (Å²) in [5, 5.41) is 16.6. The zero-order chi connectivity index (χ0) is 13.8. The van der Waals surface area contributed by atoms with Gasteiger partial charge in [0.25, 0.3) is 0 Å². The second-order valence-electron chi connectivity index (χ2n) is 4.67. The molecule has 0 aromatic rings. The highest BCUT2D eigenvalue weighted by molar-refractivity contribution is 5.84. The maximum Gasteiger partial charge on any atom is 0.315 e. The van der Waals surface area contributed by atoms with Crippen LogP contribution in [0.2, 0.25) is 0 Å². The number of hydrogen-bond donors (Lipinski definition) is 4. The number of likely N-dealkylation sites (N-methyl/N-ethyl adjacent to an activating group) is 1. The molecule has 7 heteroatoms. The summed E-state index contributed by atoms with van der Waals surface area (Å²) in [6.45, 7) is 1.50. The molecule has 0 bridgehead atoms. The topological polar surface area (TPSA) is 108 Å². The lowest BCUT2D eigenvalue weighted by Gasteiger charge is -2.27. The number of carbonyl (C=O) groups is 3. The molecule has 0 saturated heterocycles. The molecular formula is C11H19N3O4.